The van der Waals surface area contributed by atoms with Crippen molar-refractivity contribution in [1.29, 1.82) is 0 Å². The summed E-state index contributed by atoms with van der Waals surface area (Å²) in [5.41, 5.74) is 3.20. The van der Waals surface area contributed by atoms with Crippen molar-refractivity contribution < 1.29 is 38.3 Å². The van der Waals surface area contributed by atoms with E-state index >= 15 is 0 Å². The zero-order chi connectivity index (χ0) is 29.8. The summed E-state index contributed by atoms with van der Waals surface area (Å²) in [6, 6.07) is 29.9. The van der Waals surface area contributed by atoms with Crippen molar-refractivity contribution in [3.63, 3.8) is 0 Å². The van der Waals surface area contributed by atoms with Gasteiger partial charge in [-0.1, -0.05) is 91.0 Å². The zero-order valence-electron chi connectivity index (χ0n) is 25.0. The molecule has 3 aromatic rings. The Balaban J connectivity index is 1.26. The van der Waals surface area contributed by atoms with E-state index in [-0.39, 0.29) is 31.7 Å². The Kier molecular flexibility index (Phi) is 15.7. The van der Waals surface area contributed by atoms with E-state index in [1.165, 1.54) is 0 Å². The first-order valence-electron chi connectivity index (χ1n) is 15.2. The predicted octanol–water partition coefficient (Wildman–Crippen LogP) is 5.31. The molecule has 4 rings (SSSR count). The first-order valence-corrected chi connectivity index (χ1v) is 15.2. The summed E-state index contributed by atoms with van der Waals surface area (Å²) < 4.78 is 42.1. The van der Waals surface area contributed by atoms with Gasteiger partial charge in [0.05, 0.1) is 59.5 Å². The molecule has 1 fully saturated rings. The average Bonchev–Trinajstić information content (AvgIpc) is 3.07. The van der Waals surface area contributed by atoms with Crippen LogP contribution in [0.1, 0.15) is 36.0 Å². The molecule has 0 saturated carbocycles. The van der Waals surface area contributed by atoms with Crippen LogP contribution < -0.4 is 0 Å². The molecule has 0 aromatic heterocycles. The highest BCUT2D eigenvalue weighted by Gasteiger charge is 2.20. The van der Waals surface area contributed by atoms with Crippen LogP contribution in [0.25, 0.3) is 0 Å². The smallest absolute Gasteiger partial charge is 0.157 e. The maximum absolute atomic E-state index is 9.81. The van der Waals surface area contributed by atoms with Crippen molar-refractivity contribution in [2.24, 2.45) is 0 Å². The van der Waals surface area contributed by atoms with E-state index in [1.807, 2.05) is 91.0 Å². The summed E-state index contributed by atoms with van der Waals surface area (Å²) in [6.07, 6.45) is 1.83. The Bertz CT molecular complexity index is 1080. The van der Waals surface area contributed by atoms with Crippen LogP contribution in [0.4, 0.5) is 0 Å². The summed E-state index contributed by atoms with van der Waals surface area (Å²) in [7, 11) is 0. The molecule has 3 aromatic carbocycles. The summed E-state index contributed by atoms with van der Waals surface area (Å²) in [5, 5.41) is 9.81. The van der Waals surface area contributed by atoms with E-state index in [0.29, 0.717) is 46.2 Å². The lowest BCUT2D eigenvalue weighted by molar-refractivity contribution is -0.187. The van der Waals surface area contributed by atoms with Crippen molar-refractivity contribution in [1.82, 2.24) is 0 Å². The van der Waals surface area contributed by atoms with Crippen LogP contribution in [0.15, 0.2) is 91.0 Å². The van der Waals surface area contributed by atoms with Crippen LogP contribution in [0.3, 0.4) is 0 Å². The molecule has 1 N–H and O–H groups in total. The summed E-state index contributed by atoms with van der Waals surface area (Å²) in [4.78, 5) is 0. The Morgan fingerprint density at radius 2 is 1.02 bits per heavy atom. The molecule has 0 bridgehead atoms. The van der Waals surface area contributed by atoms with Gasteiger partial charge in [0, 0.05) is 6.61 Å². The van der Waals surface area contributed by atoms with Crippen LogP contribution in [0.2, 0.25) is 0 Å². The van der Waals surface area contributed by atoms with Gasteiger partial charge in [-0.25, -0.2) is 0 Å². The second-order valence-electron chi connectivity index (χ2n) is 10.6. The maximum Gasteiger partial charge on any atom is 0.157 e. The van der Waals surface area contributed by atoms with E-state index in [0.717, 1.165) is 42.6 Å². The van der Waals surface area contributed by atoms with Crippen LogP contribution >= 0.6 is 0 Å². The van der Waals surface area contributed by atoms with Crippen LogP contribution in [0.5, 0.6) is 0 Å². The molecule has 8 heteroatoms. The van der Waals surface area contributed by atoms with E-state index in [1.54, 1.807) is 0 Å². The molecule has 8 nitrogen and oxygen atoms in total. The Morgan fingerprint density at radius 1 is 0.581 bits per heavy atom. The van der Waals surface area contributed by atoms with Gasteiger partial charge >= 0.3 is 0 Å². The third-order valence-corrected chi connectivity index (χ3v) is 7.01. The van der Waals surface area contributed by atoms with Gasteiger partial charge in [-0.2, -0.15) is 0 Å². The lowest BCUT2D eigenvalue weighted by Gasteiger charge is -2.26. The second kappa shape index (κ2) is 20.3. The van der Waals surface area contributed by atoms with Gasteiger partial charge in [0.25, 0.3) is 0 Å². The molecule has 1 heterocycles. The lowest BCUT2D eigenvalue weighted by atomic mass is 10.2. The molecule has 1 saturated heterocycles. The number of aliphatic hydroxyl groups excluding tert-OH is 1. The minimum Gasteiger partial charge on any atom is -0.394 e. The number of hydrogen-bond acceptors (Lipinski definition) is 8. The fourth-order valence-corrected chi connectivity index (χ4v) is 4.53. The van der Waals surface area contributed by atoms with Crippen LogP contribution in [0, 0.1) is 0 Å². The quantitative estimate of drug-likeness (QED) is 0.178. The fraction of sp³-hybridized carbons (Fsp3) is 0.486. The molecule has 4 atom stereocenters. The highest BCUT2D eigenvalue weighted by atomic mass is 16.7. The van der Waals surface area contributed by atoms with E-state index in [2.05, 4.69) is 0 Å². The van der Waals surface area contributed by atoms with Gasteiger partial charge in [-0.05, 0) is 36.0 Å². The number of rotatable bonds is 21. The predicted molar refractivity (Wildman–Crippen MR) is 163 cm³/mol. The summed E-state index contributed by atoms with van der Waals surface area (Å²) in [6.45, 7) is 3.46. The van der Waals surface area contributed by atoms with Gasteiger partial charge in [0.2, 0.25) is 0 Å². The molecule has 1 aliphatic heterocycles. The second-order valence-corrected chi connectivity index (χ2v) is 10.6. The van der Waals surface area contributed by atoms with Gasteiger partial charge in [-0.15, -0.1) is 0 Å². The first kappa shape index (κ1) is 33.2. The zero-order valence-corrected chi connectivity index (χ0v) is 25.0. The van der Waals surface area contributed by atoms with Crippen molar-refractivity contribution in [2.45, 2.75) is 63.7 Å². The van der Waals surface area contributed by atoms with E-state index < -0.39 is 6.10 Å². The molecule has 0 spiro atoms. The van der Waals surface area contributed by atoms with Crippen molar-refractivity contribution in [2.75, 3.05) is 46.2 Å². The highest BCUT2D eigenvalue weighted by molar-refractivity contribution is 5.14. The van der Waals surface area contributed by atoms with E-state index in [9.17, 15) is 5.11 Å². The highest BCUT2D eigenvalue weighted by Crippen LogP contribution is 2.15. The minimum atomic E-state index is -0.439. The average molecular weight is 595 g/mol. The Labute approximate surface area is 255 Å². The third kappa shape index (κ3) is 13.7. The number of ether oxygens (including phenoxy) is 7. The van der Waals surface area contributed by atoms with Crippen LogP contribution in [-0.4, -0.2) is 76.0 Å². The standard InChI is InChI=1S/C35H46O8/c36-20-32(40-21-29-12-4-1-5-13-29)24-37-25-33(41-22-30-14-6-2-7-15-30)26-38-27-34(28-43-35-18-10-11-19-39-35)42-23-31-16-8-3-9-17-31/h1-9,12-17,32-36H,10-11,18-28H2. The topological polar surface area (TPSA) is 84.8 Å². The molecular formula is C35H46O8. The Morgan fingerprint density at radius 3 is 1.47 bits per heavy atom. The molecule has 0 amide bonds. The molecule has 0 radical (unpaired) electrons. The van der Waals surface area contributed by atoms with Crippen LogP contribution in [-0.2, 0) is 53.0 Å². The van der Waals surface area contributed by atoms with Gasteiger partial charge in [0.1, 0.15) is 18.3 Å². The lowest BCUT2D eigenvalue weighted by Crippen LogP contribution is -2.34. The molecule has 1 aliphatic rings. The van der Waals surface area contributed by atoms with Gasteiger partial charge < -0.3 is 38.3 Å². The number of hydrogen-bond donors (Lipinski definition) is 1. The third-order valence-electron chi connectivity index (χ3n) is 7.01. The first-order chi connectivity index (χ1) is 21.3. The molecule has 0 aliphatic carbocycles. The molecule has 4 unspecified atom stereocenters. The summed E-state index contributed by atoms with van der Waals surface area (Å²) in [5.74, 6) is 0. The molecule has 43 heavy (non-hydrogen) atoms. The fourth-order valence-electron chi connectivity index (χ4n) is 4.53. The van der Waals surface area contributed by atoms with E-state index in [4.69, 9.17) is 33.2 Å². The van der Waals surface area contributed by atoms with Crippen molar-refractivity contribution >= 4 is 0 Å². The van der Waals surface area contributed by atoms with Gasteiger partial charge in [0.15, 0.2) is 6.29 Å². The molecule has 234 valence electrons. The SMILES string of the molecule is OCC(COCC(COCC(COC1CCCCO1)OCc1ccccc1)OCc1ccccc1)OCc1ccccc1. The minimum absolute atomic E-state index is 0.135. The normalized spacial score (nSPS) is 17.4. The molecular weight excluding hydrogens is 548 g/mol. The number of aliphatic hydroxyl groups is 1. The van der Waals surface area contributed by atoms with Crippen molar-refractivity contribution in [3.8, 4) is 0 Å². The van der Waals surface area contributed by atoms with Crippen molar-refractivity contribution in [3.05, 3.63) is 108 Å². The maximum atomic E-state index is 9.81. The summed E-state index contributed by atoms with van der Waals surface area (Å²) >= 11 is 0. The Hall–Kier alpha value is -2.66. The monoisotopic (exact) mass is 594 g/mol. The van der Waals surface area contributed by atoms with Gasteiger partial charge in [-0.3, -0.25) is 0 Å². The largest absolute Gasteiger partial charge is 0.394 e. The number of benzene rings is 3.